The number of hydrogen-bond donors (Lipinski definition) is 2. The monoisotopic (exact) mass is 212 g/mol. The molecular weight excluding hydrogens is 196 g/mol. The lowest BCUT2D eigenvalue weighted by Gasteiger charge is -1.88. The lowest BCUT2D eigenvalue weighted by molar-refractivity contribution is 1.45. The van der Waals surface area contributed by atoms with Crippen LogP contribution in [0.2, 0.25) is 0 Å². The molecule has 0 atom stereocenters. The van der Waals surface area contributed by atoms with Gasteiger partial charge < -0.3 is 11.5 Å². The third-order valence-corrected chi connectivity index (χ3v) is 1.38. The Hall–Kier alpha value is -2.40. The molecule has 0 aliphatic rings. The Balaban J connectivity index is 4.40. The molecule has 82 valence electrons. The van der Waals surface area contributed by atoms with Gasteiger partial charge in [-0.15, -0.1) is 0 Å². The Morgan fingerprint density at radius 1 is 0.688 bits per heavy atom. The molecule has 0 unspecified atom stereocenters. The van der Waals surface area contributed by atoms with E-state index in [0.29, 0.717) is 22.5 Å². The van der Waals surface area contributed by atoms with Crippen LogP contribution < -0.4 is 11.5 Å². The largest absolute Gasteiger partial charge is 0.399 e. The van der Waals surface area contributed by atoms with Crippen LogP contribution in [-0.4, -0.2) is 0 Å². The first-order valence-electron chi connectivity index (χ1n) is 4.56. The van der Waals surface area contributed by atoms with Crippen molar-refractivity contribution in [2.75, 3.05) is 0 Å². The smallest absolute Gasteiger partial charge is 0.0241 e. The highest BCUT2D eigenvalue weighted by atomic mass is 14.5. The maximum absolute atomic E-state index is 5.35. The summed E-state index contributed by atoms with van der Waals surface area (Å²) in [6.07, 6.45) is 6.65. The van der Waals surface area contributed by atoms with Gasteiger partial charge in [-0.2, -0.15) is 0 Å². The van der Waals surface area contributed by atoms with Gasteiger partial charge in [0.05, 0.1) is 0 Å². The second-order valence-corrected chi connectivity index (χ2v) is 3.12. The molecule has 0 fully saturated rings. The Morgan fingerprint density at radius 2 is 1.00 bits per heavy atom. The van der Waals surface area contributed by atoms with E-state index >= 15 is 0 Å². The average molecular weight is 212 g/mol. The van der Waals surface area contributed by atoms with Crippen LogP contribution in [0.4, 0.5) is 0 Å². The first-order valence-corrected chi connectivity index (χ1v) is 4.56. The molecule has 0 aliphatic carbocycles. The highest BCUT2D eigenvalue weighted by Gasteiger charge is 1.82. The van der Waals surface area contributed by atoms with Gasteiger partial charge in [0, 0.05) is 22.5 Å². The maximum atomic E-state index is 5.35. The SMILES string of the molecule is C=C(N)/C=C\C(=C)C#CC(=C)/C=C\C(=C)N. The highest BCUT2D eigenvalue weighted by Crippen LogP contribution is 1.96. The minimum Gasteiger partial charge on any atom is -0.399 e. The van der Waals surface area contributed by atoms with Crippen molar-refractivity contribution < 1.29 is 0 Å². The van der Waals surface area contributed by atoms with E-state index in [9.17, 15) is 0 Å². The van der Waals surface area contributed by atoms with Gasteiger partial charge in [0.15, 0.2) is 0 Å². The van der Waals surface area contributed by atoms with Crippen molar-refractivity contribution >= 4 is 0 Å². The fourth-order valence-corrected chi connectivity index (χ4v) is 0.659. The third-order valence-electron chi connectivity index (χ3n) is 1.38. The van der Waals surface area contributed by atoms with E-state index in [1.165, 1.54) is 0 Å². The van der Waals surface area contributed by atoms with Crippen molar-refractivity contribution in [1.29, 1.82) is 0 Å². The Morgan fingerprint density at radius 3 is 1.25 bits per heavy atom. The molecule has 0 saturated heterocycles. The minimum atomic E-state index is 0.459. The van der Waals surface area contributed by atoms with Gasteiger partial charge >= 0.3 is 0 Å². The van der Waals surface area contributed by atoms with Gasteiger partial charge in [0.1, 0.15) is 0 Å². The minimum absolute atomic E-state index is 0.459. The summed E-state index contributed by atoms with van der Waals surface area (Å²) in [6, 6.07) is 0. The fraction of sp³-hybridized carbons (Fsp3) is 0. The predicted octanol–water partition coefficient (Wildman–Crippen LogP) is 2.16. The van der Waals surface area contributed by atoms with Crippen LogP contribution in [0.3, 0.4) is 0 Å². The Labute approximate surface area is 97.0 Å². The number of rotatable bonds is 4. The summed E-state index contributed by atoms with van der Waals surface area (Å²) >= 11 is 0. The zero-order valence-corrected chi connectivity index (χ0v) is 9.29. The number of nitrogens with two attached hydrogens (primary N) is 2. The van der Waals surface area contributed by atoms with Crippen molar-refractivity contribution in [2.24, 2.45) is 11.5 Å². The van der Waals surface area contributed by atoms with E-state index in [2.05, 4.69) is 38.2 Å². The van der Waals surface area contributed by atoms with E-state index in [1.807, 2.05) is 0 Å². The predicted molar refractivity (Wildman–Crippen MR) is 71.0 cm³/mol. The lowest BCUT2D eigenvalue weighted by Crippen LogP contribution is -1.88. The van der Waals surface area contributed by atoms with Gasteiger partial charge in [0.25, 0.3) is 0 Å². The van der Waals surface area contributed by atoms with Crippen LogP contribution in [0.5, 0.6) is 0 Å². The molecule has 0 aliphatic heterocycles. The summed E-state index contributed by atoms with van der Waals surface area (Å²) in [4.78, 5) is 0. The van der Waals surface area contributed by atoms with E-state index in [4.69, 9.17) is 11.5 Å². The van der Waals surface area contributed by atoms with Crippen molar-refractivity contribution in [3.05, 3.63) is 73.2 Å². The molecule has 0 bridgehead atoms. The number of hydrogen-bond acceptors (Lipinski definition) is 2. The summed E-state index contributed by atoms with van der Waals surface area (Å²) < 4.78 is 0. The first-order chi connectivity index (χ1) is 7.41. The summed E-state index contributed by atoms with van der Waals surface area (Å²) in [6.45, 7) is 14.5. The van der Waals surface area contributed by atoms with Crippen LogP contribution in [-0.2, 0) is 0 Å². The third kappa shape index (κ3) is 8.21. The molecule has 0 aromatic carbocycles. The zero-order valence-electron chi connectivity index (χ0n) is 9.29. The molecule has 16 heavy (non-hydrogen) atoms. The molecule has 0 radical (unpaired) electrons. The first kappa shape index (κ1) is 13.6. The van der Waals surface area contributed by atoms with Crippen LogP contribution >= 0.6 is 0 Å². The molecule has 4 N–H and O–H groups in total. The second-order valence-electron chi connectivity index (χ2n) is 3.12. The lowest BCUT2D eigenvalue weighted by atomic mass is 10.2. The molecule has 2 nitrogen and oxygen atoms in total. The quantitative estimate of drug-likeness (QED) is 0.554. The van der Waals surface area contributed by atoms with Gasteiger partial charge in [-0.1, -0.05) is 38.2 Å². The van der Waals surface area contributed by atoms with E-state index in [-0.39, 0.29) is 0 Å². The van der Waals surface area contributed by atoms with Crippen LogP contribution in [0.1, 0.15) is 0 Å². The van der Waals surface area contributed by atoms with E-state index in [0.717, 1.165) is 0 Å². The highest BCUT2D eigenvalue weighted by molar-refractivity contribution is 5.46. The molecule has 0 heterocycles. The Bertz CT molecular complexity index is 397. The van der Waals surface area contributed by atoms with Gasteiger partial charge in [0.2, 0.25) is 0 Å². The fourth-order valence-electron chi connectivity index (χ4n) is 0.659. The van der Waals surface area contributed by atoms with E-state index in [1.54, 1.807) is 24.3 Å². The molecule has 0 aromatic heterocycles. The van der Waals surface area contributed by atoms with Crippen molar-refractivity contribution in [1.82, 2.24) is 0 Å². The molecule has 2 heteroatoms. The van der Waals surface area contributed by atoms with Gasteiger partial charge in [-0.3, -0.25) is 0 Å². The molecule has 0 rings (SSSR count). The van der Waals surface area contributed by atoms with Gasteiger partial charge in [-0.25, -0.2) is 0 Å². The molecular formula is C14H16N2. The molecule has 0 spiro atoms. The van der Waals surface area contributed by atoms with E-state index < -0.39 is 0 Å². The topological polar surface area (TPSA) is 52.0 Å². The molecule has 0 amide bonds. The standard InChI is InChI=1S/C14H16N2/c1-11(7-9-13(3)15)5-6-12(2)8-10-14(4)16/h7-10H,1-4,15-16H2/b9-7-,10-8-. The summed E-state index contributed by atoms with van der Waals surface area (Å²) in [5.74, 6) is 5.62. The summed E-state index contributed by atoms with van der Waals surface area (Å²) in [7, 11) is 0. The van der Waals surface area contributed by atoms with Crippen molar-refractivity contribution in [3.63, 3.8) is 0 Å². The maximum Gasteiger partial charge on any atom is 0.0241 e. The van der Waals surface area contributed by atoms with Crippen molar-refractivity contribution in [2.45, 2.75) is 0 Å². The van der Waals surface area contributed by atoms with Crippen LogP contribution in [0.25, 0.3) is 0 Å². The normalized spacial score (nSPS) is 9.75. The summed E-state index contributed by atoms with van der Waals surface area (Å²) in [5, 5.41) is 0. The van der Waals surface area contributed by atoms with Crippen LogP contribution in [0.15, 0.2) is 73.2 Å². The van der Waals surface area contributed by atoms with Gasteiger partial charge in [-0.05, 0) is 24.3 Å². The average Bonchev–Trinajstić information content (AvgIpc) is 2.20. The van der Waals surface area contributed by atoms with Crippen molar-refractivity contribution in [3.8, 4) is 11.8 Å². The van der Waals surface area contributed by atoms with Crippen LogP contribution in [0, 0.1) is 11.8 Å². The zero-order chi connectivity index (χ0) is 12.6. The summed E-state index contributed by atoms with van der Waals surface area (Å²) in [5.41, 5.74) is 12.9. The second kappa shape index (κ2) is 6.97. The molecule has 0 saturated carbocycles. The Kier molecular flexibility index (Phi) is 5.92. The number of allylic oxidation sites excluding steroid dienone is 6. The molecule has 0 aromatic rings.